The molecule has 0 spiro atoms. The maximum atomic E-state index is 13.4. The number of nitrogens with one attached hydrogen (secondary N) is 1. The molecule has 0 fully saturated rings. The van der Waals surface area contributed by atoms with Crippen LogP contribution >= 0.6 is 0 Å². The van der Waals surface area contributed by atoms with Crippen LogP contribution in [-0.4, -0.2) is 9.55 Å². The van der Waals surface area contributed by atoms with E-state index in [2.05, 4.69) is 5.32 Å². The maximum Gasteiger partial charge on any atom is 0.266 e. The lowest BCUT2D eigenvalue weighted by Crippen LogP contribution is -2.30. The monoisotopic (exact) mass is 363 g/mol. The summed E-state index contributed by atoms with van der Waals surface area (Å²) in [7, 11) is 0. The quantitative estimate of drug-likeness (QED) is 0.583. The van der Waals surface area contributed by atoms with Crippen molar-refractivity contribution in [3.8, 4) is 5.69 Å². The zero-order valence-electron chi connectivity index (χ0n) is 14.7. The number of nitrogens with zero attached hydrogens (tertiary/aromatic N) is 2. The number of para-hydroxylation sites is 1. The molecule has 0 radical (unpaired) electrons. The topological polar surface area (TPSA) is 60.1 Å². The molecule has 5 nitrogen and oxygen atoms in total. The number of hydrogen-bond donors (Lipinski definition) is 1. The normalized spacial score (nSPS) is 12.4. The van der Waals surface area contributed by atoms with Crippen molar-refractivity contribution in [2.24, 2.45) is 0 Å². The highest BCUT2D eigenvalue weighted by molar-refractivity contribution is 5.77. The summed E-state index contributed by atoms with van der Waals surface area (Å²) < 4.78 is 20.2. The molecule has 1 N–H and O–H groups in total. The van der Waals surface area contributed by atoms with Gasteiger partial charge >= 0.3 is 0 Å². The van der Waals surface area contributed by atoms with E-state index in [0.717, 1.165) is 5.76 Å². The highest BCUT2D eigenvalue weighted by Gasteiger charge is 2.18. The smallest absolute Gasteiger partial charge is 0.266 e. The molecule has 0 aliphatic rings. The minimum atomic E-state index is -0.355. The Bertz CT molecular complexity index is 1120. The number of aromatic nitrogens is 2. The fourth-order valence-electron chi connectivity index (χ4n) is 3.04. The third kappa shape index (κ3) is 3.39. The van der Waals surface area contributed by atoms with Gasteiger partial charge in [-0.05, 0) is 55.5 Å². The molecular weight excluding hydrogens is 345 g/mol. The molecule has 0 aliphatic heterocycles. The lowest BCUT2D eigenvalue weighted by atomic mass is 10.2. The van der Waals surface area contributed by atoms with Crippen LogP contribution in [0.2, 0.25) is 0 Å². The second-order valence-corrected chi connectivity index (χ2v) is 6.29. The van der Waals surface area contributed by atoms with Gasteiger partial charge in [-0.3, -0.25) is 9.36 Å². The van der Waals surface area contributed by atoms with Crippen molar-refractivity contribution in [3.63, 3.8) is 0 Å². The standard InChI is InChI=1S/C21H18FN3O2/c1-14(23-13-17-5-4-12-27-17)20-24-19-7-3-2-6-18(19)21(26)25(20)16-10-8-15(22)9-11-16/h2-12,14,23H,13H2,1H3. The minimum absolute atomic E-state index is 0.186. The number of furan rings is 1. The summed E-state index contributed by atoms with van der Waals surface area (Å²) in [5, 5.41) is 3.84. The van der Waals surface area contributed by atoms with Gasteiger partial charge < -0.3 is 9.73 Å². The molecule has 6 heteroatoms. The van der Waals surface area contributed by atoms with Crippen molar-refractivity contribution in [1.29, 1.82) is 0 Å². The van der Waals surface area contributed by atoms with Gasteiger partial charge in [0.05, 0.1) is 35.4 Å². The van der Waals surface area contributed by atoms with E-state index in [1.54, 1.807) is 30.5 Å². The first-order valence-electron chi connectivity index (χ1n) is 8.67. The Labute approximate surface area is 155 Å². The fourth-order valence-corrected chi connectivity index (χ4v) is 3.04. The molecule has 4 aromatic rings. The third-order valence-corrected chi connectivity index (χ3v) is 4.44. The van der Waals surface area contributed by atoms with Crippen LogP contribution < -0.4 is 10.9 Å². The van der Waals surface area contributed by atoms with Crippen molar-refractivity contribution >= 4 is 10.9 Å². The predicted molar refractivity (Wildman–Crippen MR) is 101 cm³/mol. The maximum absolute atomic E-state index is 13.4. The number of fused-ring (bicyclic) bond motifs is 1. The molecule has 4 rings (SSSR count). The van der Waals surface area contributed by atoms with E-state index >= 15 is 0 Å². The Hall–Kier alpha value is -3.25. The molecule has 0 saturated carbocycles. The Morgan fingerprint density at radius 2 is 1.89 bits per heavy atom. The van der Waals surface area contributed by atoms with Crippen LogP contribution in [0.5, 0.6) is 0 Å². The SMILES string of the molecule is CC(NCc1ccco1)c1nc2ccccc2c(=O)n1-c1ccc(F)cc1. The van der Waals surface area contributed by atoms with Crippen LogP contribution in [0.4, 0.5) is 4.39 Å². The van der Waals surface area contributed by atoms with Gasteiger partial charge in [-0.1, -0.05) is 12.1 Å². The molecule has 0 bridgehead atoms. The summed E-state index contributed by atoms with van der Waals surface area (Å²) >= 11 is 0. The van der Waals surface area contributed by atoms with Crippen molar-refractivity contribution in [3.05, 3.63) is 94.7 Å². The van der Waals surface area contributed by atoms with Gasteiger partial charge in [-0.25, -0.2) is 9.37 Å². The Kier molecular flexibility index (Phi) is 4.56. The van der Waals surface area contributed by atoms with Crippen LogP contribution in [0.25, 0.3) is 16.6 Å². The van der Waals surface area contributed by atoms with Crippen molar-refractivity contribution < 1.29 is 8.81 Å². The molecule has 0 aliphatic carbocycles. The zero-order valence-corrected chi connectivity index (χ0v) is 14.7. The molecule has 136 valence electrons. The molecular formula is C21H18FN3O2. The van der Waals surface area contributed by atoms with Gasteiger partial charge in [0.15, 0.2) is 0 Å². The second-order valence-electron chi connectivity index (χ2n) is 6.29. The molecule has 2 aromatic heterocycles. The lowest BCUT2D eigenvalue weighted by Gasteiger charge is -2.19. The first-order chi connectivity index (χ1) is 13.1. The van der Waals surface area contributed by atoms with Crippen LogP contribution in [0, 0.1) is 5.82 Å². The van der Waals surface area contributed by atoms with Crippen molar-refractivity contribution in [2.45, 2.75) is 19.5 Å². The summed E-state index contributed by atoms with van der Waals surface area (Å²) in [6.45, 7) is 2.43. The summed E-state index contributed by atoms with van der Waals surface area (Å²) in [5.74, 6) is 0.987. The summed E-state index contributed by atoms with van der Waals surface area (Å²) in [6.07, 6.45) is 1.62. The predicted octanol–water partition coefficient (Wildman–Crippen LogP) is 3.97. The molecule has 2 aromatic carbocycles. The number of halogens is 1. The van der Waals surface area contributed by atoms with Crippen LogP contribution in [0.1, 0.15) is 24.6 Å². The van der Waals surface area contributed by atoms with Gasteiger partial charge in [0.25, 0.3) is 5.56 Å². The Morgan fingerprint density at radius 1 is 1.11 bits per heavy atom. The van der Waals surface area contributed by atoms with Gasteiger partial charge in [-0.2, -0.15) is 0 Å². The Balaban J connectivity index is 1.83. The summed E-state index contributed by atoms with van der Waals surface area (Å²) in [5.41, 5.74) is 1.01. The van der Waals surface area contributed by atoms with E-state index in [-0.39, 0.29) is 17.4 Å². The lowest BCUT2D eigenvalue weighted by molar-refractivity contribution is 0.450. The molecule has 0 amide bonds. The largest absolute Gasteiger partial charge is 0.468 e. The van der Waals surface area contributed by atoms with E-state index in [9.17, 15) is 9.18 Å². The van der Waals surface area contributed by atoms with E-state index in [1.807, 2.05) is 31.2 Å². The van der Waals surface area contributed by atoms with Gasteiger partial charge in [0.1, 0.15) is 17.4 Å². The summed E-state index contributed by atoms with van der Waals surface area (Å²) in [6, 6.07) is 16.5. The van der Waals surface area contributed by atoms with Gasteiger partial charge in [0.2, 0.25) is 0 Å². The van der Waals surface area contributed by atoms with E-state index in [4.69, 9.17) is 9.40 Å². The van der Waals surface area contributed by atoms with E-state index in [0.29, 0.717) is 29.0 Å². The average molecular weight is 363 g/mol. The van der Waals surface area contributed by atoms with Crippen LogP contribution in [0.3, 0.4) is 0 Å². The average Bonchev–Trinajstić information content (AvgIpc) is 3.21. The fraction of sp³-hybridized carbons (Fsp3) is 0.143. The zero-order chi connectivity index (χ0) is 18.8. The van der Waals surface area contributed by atoms with Crippen molar-refractivity contribution in [1.82, 2.24) is 14.9 Å². The third-order valence-electron chi connectivity index (χ3n) is 4.44. The highest BCUT2D eigenvalue weighted by atomic mass is 19.1. The molecule has 0 saturated heterocycles. The number of benzene rings is 2. The van der Waals surface area contributed by atoms with E-state index < -0.39 is 0 Å². The van der Waals surface area contributed by atoms with Gasteiger partial charge in [0, 0.05) is 0 Å². The molecule has 2 heterocycles. The first-order valence-corrected chi connectivity index (χ1v) is 8.67. The minimum Gasteiger partial charge on any atom is -0.468 e. The molecule has 27 heavy (non-hydrogen) atoms. The number of rotatable bonds is 5. The van der Waals surface area contributed by atoms with E-state index in [1.165, 1.54) is 16.7 Å². The molecule has 1 unspecified atom stereocenters. The van der Waals surface area contributed by atoms with Gasteiger partial charge in [-0.15, -0.1) is 0 Å². The Morgan fingerprint density at radius 3 is 2.63 bits per heavy atom. The van der Waals surface area contributed by atoms with Crippen LogP contribution in [-0.2, 0) is 6.54 Å². The highest BCUT2D eigenvalue weighted by Crippen LogP contribution is 2.19. The first kappa shape index (κ1) is 17.2. The molecule has 1 atom stereocenters. The van der Waals surface area contributed by atoms with Crippen molar-refractivity contribution in [2.75, 3.05) is 0 Å². The number of hydrogen-bond acceptors (Lipinski definition) is 4. The van der Waals surface area contributed by atoms with Crippen LogP contribution in [0.15, 0.2) is 76.1 Å². The summed E-state index contributed by atoms with van der Waals surface area (Å²) in [4.78, 5) is 17.9. The second kappa shape index (κ2) is 7.17.